The number of ether oxygens (including phenoxy) is 1. The second kappa shape index (κ2) is 8.93. The first-order valence-electron chi connectivity index (χ1n) is 9.61. The molecule has 4 aromatic rings. The summed E-state index contributed by atoms with van der Waals surface area (Å²) in [4.78, 5) is 31.0. The average molecular weight is 433 g/mol. The highest BCUT2D eigenvalue weighted by Gasteiger charge is 2.13. The predicted molar refractivity (Wildman–Crippen MR) is 122 cm³/mol. The molecule has 0 bridgehead atoms. The van der Waals surface area contributed by atoms with Crippen LogP contribution in [0.4, 0.5) is 0 Å². The number of benzene rings is 2. The molecule has 1 amide bonds. The summed E-state index contributed by atoms with van der Waals surface area (Å²) in [6, 6.07) is 16.8. The van der Waals surface area contributed by atoms with E-state index in [0.717, 1.165) is 21.8 Å². The van der Waals surface area contributed by atoms with Crippen molar-refractivity contribution in [3.8, 4) is 11.5 Å². The Labute approximate surface area is 182 Å². The fourth-order valence-corrected chi connectivity index (χ4v) is 4.02. The van der Waals surface area contributed by atoms with Gasteiger partial charge in [-0.3, -0.25) is 14.2 Å². The number of thiophene rings is 1. The number of para-hydroxylation sites is 1. The maximum atomic E-state index is 12.7. The number of carbonyl (C=O) groups is 1. The smallest absolute Gasteiger partial charge is 0.262 e. The first kappa shape index (κ1) is 20.5. The maximum Gasteiger partial charge on any atom is 0.262 e. The molecule has 4 rings (SSSR count). The van der Waals surface area contributed by atoms with E-state index in [2.05, 4.69) is 15.5 Å². The van der Waals surface area contributed by atoms with Gasteiger partial charge >= 0.3 is 0 Å². The van der Waals surface area contributed by atoms with Crippen LogP contribution in [-0.2, 0) is 11.3 Å². The molecular formula is C23H20N4O3S. The quantitative estimate of drug-likeness (QED) is 0.368. The molecule has 2 aromatic heterocycles. The van der Waals surface area contributed by atoms with E-state index in [-0.39, 0.29) is 12.1 Å². The van der Waals surface area contributed by atoms with Crippen LogP contribution < -0.4 is 15.7 Å². The Hall–Kier alpha value is -3.78. The third-order valence-corrected chi connectivity index (χ3v) is 5.82. The summed E-state index contributed by atoms with van der Waals surface area (Å²) < 4.78 is 7.08. The summed E-state index contributed by atoms with van der Waals surface area (Å²) in [6.45, 7) is 3.68. The van der Waals surface area contributed by atoms with Crippen molar-refractivity contribution < 1.29 is 9.53 Å². The van der Waals surface area contributed by atoms with Crippen LogP contribution in [0.1, 0.15) is 16.0 Å². The zero-order valence-electron chi connectivity index (χ0n) is 17.0. The van der Waals surface area contributed by atoms with Crippen molar-refractivity contribution in [3.05, 3.63) is 87.3 Å². The molecule has 0 aliphatic rings. The predicted octanol–water partition coefficient (Wildman–Crippen LogP) is 4.02. The molecule has 0 saturated heterocycles. The van der Waals surface area contributed by atoms with Crippen molar-refractivity contribution in [1.29, 1.82) is 0 Å². The van der Waals surface area contributed by atoms with Gasteiger partial charge in [-0.1, -0.05) is 30.3 Å². The third kappa shape index (κ3) is 4.70. The number of aromatic nitrogens is 2. The lowest BCUT2D eigenvalue weighted by molar-refractivity contribution is -0.121. The fourth-order valence-electron chi connectivity index (χ4n) is 3.03. The Balaban J connectivity index is 1.41. The molecule has 0 spiro atoms. The van der Waals surface area contributed by atoms with Crippen molar-refractivity contribution in [2.75, 3.05) is 0 Å². The minimum absolute atomic E-state index is 0.162. The van der Waals surface area contributed by atoms with Crippen molar-refractivity contribution >= 4 is 33.7 Å². The first-order valence-corrected chi connectivity index (χ1v) is 10.4. The lowest BCUT2D eigenvalue weighted by atomic mass is 10.2. The van der Waals surface area contributed by atoms with Crippen LogP contribution in [0.5, 0.6) is 11.5 Å². The van der Waals surface area contributed by atoms with Gasteiger partial charge in [0, 0.05) is 4.88 Å². The molecule has 156 valence electrons. The Morgan fingerprint density at radius 1 is 1.16 bits per heavy atom. The summed E-state index contributed by atoms with van der Waals surface area (Å²) in [7, 11) is 0. The SMILES string of the molecule is Cc1sc2ncn(CC(=O)N/N=C/c3cccc(Oc4ccccc4)c3)c(=O)c2c1C. The van der Waals surface area contributed by atoms with E-state index in [0.29, 0.717) is 16.0 Å². The van der Waals surface area contributed by atoms with E-state index in [1.165, 1.54) is 28.4 Å². The van der Waals surface area contributed by atoms with Crippen molar-refractivity contribution in [3.63, 3.8) is 0 Å². The largest absolute Gasteiger partial charge is 0.457 e. The Bertz CT molecular complexity index is 1330. The van der Waals surface area contributed by atoms with Gasteiger partial charge in [-0.15, -0.1) is 11.3 Å². The number of hydrogen-bond acceptors (Lipinski definition) is 6. The van der Waals surface area contributed by atoms with E-state index < -0.39 is 5.91 Å². The van der Waals surface area contributed by atoms with Crippen LogP contribution in [0.3, 0.4) is 0 Å². The lowest BCUT2D eigenvalue weighted by Crippen LogP contribution is -2.30. The Kier molecular flexibility index (Phi) is 5.90. The van der Waals surface area contributed by atoms with Crippen molar-refractivity contribution in [2.45, 2.75) is 20.4 Å². The van der Waals surface area contributed by atoms with Crippen molar-refractivity contribution in [1.82, 2.24) is 15.0 Å². The zero-order valence-corrected chi connectivity index (χ0v) is 17.8. The molecule has 0 radical (unpaired) electrons. The minimum atomic E-state index is -0.416. The number of aryl methyl sites for hydroxylation is 2. The highest BCUT2D eigenvalue weighted by atomic mass is 32.1. The van der Waals surface area contributed by atoms with Gasteiger partial charge in [0.15, 0.2) is 0 Å². The standard InChI is InChI=1S/C23H20N4O3S/c1-15-16(2)31-22-21(15)23(29)27(14-24-22)13-20(28)26-25-12-17-7-6-10-19(11-17)30-18-8-4-3-5-9-18/h3-12,14H,13H2,1-2H3,(H,26,28)/b25-12+. The minimum Gasteiger partial charge on any atom is -0.457 e. The number of rotatable bonds is 6. The topological polar surface area (TPSA) is 85.6 Å². The number of hydrazone groups is 1. The fraction of sp³-hybridized carbons (Fsp3) is 0.130. The molecule has 8 heteroatoms. The third-order valence-electron chi connectivity index (χ3n) is 4.71. The van der Waals surface area contributed by atoms with Gasteiger partial charge in [0.25, 0.3) is 11.5 Å². The number of nitrogens with one attached hydrogen (secondary N) is 1. The number of fused-ring (bicyclic) bond motifs is 1. The Morgan fingerprint density at radius 3 is 2.74 bits per heavy atom. The van der Waals surface area contributed by atoms with E-state index in [1.54, 1.807) is 0 Å². The average Bonchev–Trinajstić information content (AvgIpc) is 3.05. The van der Waals surface area contributed by atoms with Gasteiger partial charge in [0.1, 0.15) is 22.9 Å². The molecule has 0 saturated carbocycles. The summed E-state index contributed by atoms with van der Waals surface area (Å²) in [5, 5.41) is 4.55. The molecule has 2 heterocycles. The molecule has 0 atom stereocenters. The molecule has 2 aromatic carbocycles. The molecule has 1 N–H and O–H groups in total. The molecule has 0 fully saturated rings. The van der Waals surface area contributed by atoms with Crippen LogP contribution in [0.25, 0.3) is 10.2 Å². The van der Waals surface area contributed by atoms with Gasteiger partial charge in [0.05, 0.1) is 17.9 Å². The molecule has 0 aliphatic carbocycles. The Morgan fingerprint density at radius 2 is 1.94 bits per heavy atom. The highest BCUT2D eigenvalue weighted by molar-refractivity contribution is 7.18. The zero-order chi connectivity index (χ0) is 21.8. The van der Waals surface area contributed by atoms with Crippen LogP contribution in [0, 0.1) is 13.8 Å². The highest BCUT2D eigenvalue weighted by Crippen LogP contribution is 2.25. The van der Waals surface area contributed by atoms with E-state index in [4.69, 9.17) is 4.74 Å². The summed E-state index contributed by atoms with van der Waals surface area (Å²) in [5.74, 6) is 0.978. The van der Waals surface area contributed by atoms with Gasteiger partial charge in [0.2, 0.25) is 0 Å². The first-order chi connectivity index (χ1) is 15.0. The van der Waals surface area contributed by atoms with Crippen LogP contribution in [0.2, 0.25) is 0 Å². The van der Waals surface area contributed by atoms with E-state index in [9.17, 15) is 9.59 Å². The molecule has 0 unspecified atom stereocenters. The summed E-state index contributed by atoms with van der Waals surface area (Å²) in [5.41, 5.74) is 3.89. The number of amides is 1. The van der Waals surface area contributed by atoms with Gasteiger partial charge in [-0.25, -0.2) is 10.4 Å². The van der Waals surface area contributed by atoms with Crippen LogP contribution in [0.15, 0.2) is 70.8 Å². The molecule has 31 heavy (non-hydrogen) atoms. The number of nitrogens with zero attached hydrogens (tertiary/aromatic N) is 3. The maximum absolute atomic E-state index is 12.7. The number of hydrogen-bond donors (Lipinski definition) is 1. The van der Waals surface area contributed by atoms with Crippen LogP contribution in [-0.4, -0.2) is 21.7 Å². The monoisotopic (exact) mass is 432 g/mol. The van der Waals surface area contributed by atoms with Crippen LogP contribution >= 0.6 is 11.3 Å². The second-order valence-corrected chi connectivity index (χ2v) is 8.13. The summed E-state index contributed by atoms with van der Waals surface area (Å²) in [6.07, 6.45) is 2.92. The van der Waals surface area contributed by atoms with E-state index in [1.807, 2.05) is 68.4 Å². The van der Waals surface area contributed by atoms with E-state index >= 15 is 0 Å². The van der Waals surface area contributed by atoms with Gasteiger partial charge < -0.3 is 4.74 Å². The molecule has 0 aliphatic heterocycles. The second-order valence-electron chi connectivity index (χ2n) is 6.92. The normalized spacial score (nSPS) is 11.2. The number of carbonyl (C=O) groups excluding carboxylic acids is 1. The van der Waals surface area contributed by atoms with Gasteiger partial charge in [-0.05, 0) is 49.2 Å². The summed E-state index contributed by atoms with van der Waals surface area (Å²) >= 11 is 1.47. The molecule has 7 nitrogen and oxygen atoms in total. The molecular weight excluding hydrogens is 412 g/mol. The van der Waals surface area contributed by atoms with Crippen molar-refractivity contribution in [2.24, 2.45) is 5.10 Å². The lowest BCUT2D eigenvalue weighted by Gasteiger charge is -2.06. The van der Waals surface area contributed by atoms with Gasteiger partial charge in [-0.2, -0.15) is 5.10 Å².